The van der Waals surface area contributed by atoms with Gasteiger partial charge in [0, 0.05) is 10.9 Å². The fourth-order valence-corrected chi connectivity index (χ4v) is 3.22. The third kappa shape index (κ3) is 3.12. The first-order valence-corrected chi connectivity index (χ1v) is 7.91. The molecule has 21 heavy (non-hydrogen) atoms. The highest BCUT2D eigenvalue weighted by Gasteiger charge is 2.14. The Balaban J connectivity index is 1.86. The number of allylic oxidation sites excluding steroid dienone is 1. The van der Waals surface area contributed by atoms with E-state index in [4.69, 9.17) is 0 Å². The SMILES string of the molecule is Cc1nc(-c2ccccc2)sc1C(=O)/C=C\c1csnn1. The van der Waals surface area contributed by atoms with Gasteiger partial charge < -0.3 is 0 Å². The molecule has 104 valence electrons. The Morgan fingerprint density at radius 1 is 1.24 bits per heavy atom. The van der Waals surface area contributed by atoms with Crippen molar-refractivity contribution in [2.45, 2.75) is 6.92 Å². The summed E-state index contributed by atoms with van der Waals surface area (Å²) in [6.07, 6.45) is 3.19. The molecule has 0 aliphatic heterocycles. The van der Waals surface area contributed by atoms with Crippen LogP contribution in [-0.4, -0.2) is 20.4 Å². The van der Waals surface area contributed by atoms with Gasteiger partial charge in [-0.1, -0.05) is 34.8 Å². The topological polar surface area (TPSA) is 55.7 Å². The summed E-state index contributed by atoms with van der Waals surface area (Å²) in [6.45, 7) is 1.86. The second-order valence-corrected chi connectivity index (χ2v) is 5.94. The zero-order valence-corrected chi connectivity index (χ0v) is 12.8. The standard InChI is InChI=1S/C15H11N3OS2/c1-10-14(13(19)8-7-12-9-20-18-17-12)21-15(16-10)11-5-3-2-4-6-11/h2-9H,1H3/b8-7-. The van der Waals surface area contributed by atoms with E-state index in [9.17, 15) is 4.79 Å². The molecule has 0 saturated heterocycles. The van der Waals surface area contributed by atoms with Gasteiger partial charge in [0.05, 0.1) is 16.3 Å². The predicted molar refractivity (Wildman–Crippen MR) is 85.6 cm³/mol. The van der Waals surface area contributed by atoms with Crippen LogP contribution in [-0.2, 0) is 0 Å². The van der Waals surface area contributed by atoms with Crippen LogP contribution in [0.2, 0.25) is 0 Å². The van der Waals surface area contributed by atoms with Crippen LogP contribution in [0.1, 0.15) is 21.1 Å². The summed E-state index contributed by atoms with van der Waals surface area (Å²) in [5, 5.41) is 6.53. The van der Waals surface area contributed by atoms with Gasteiger partial charge in [-0.2, -0.15) is 0 Å². The van der Waals surface area contributed by atoms with Gasteiger partial charge in [-0.05, 0) is 30.6 Å². The van der Waals surface area contributed by atoms with E-state index in [1.807, 2.05) is 37.3 Å². The van der Waals surface area contributed by atoms with E-state index in [0.29, 0.717) is 10.6 Å². The van der Waals surface area contributed by atoms with Crippen LogP contribution in [0.4, 0.5) is 0 Å². The molecule has 0 aliphatic carbocycles. The summed E-state index contributed by atoms with van der Waals surface area (Å²) in [6, 6.07) is 9.86. The van der Waals surface area contributed by atoms with Crippen molar-refractivity contribution >= 4 is 34.7 Å². The summed E-state index contributed by atoms with van der Waals surface area (Å²) in [5.41, 5.74) is 2.47. The van der Waals surface area contributed by atoms with E-state index in [-0.39, 0.29) is 5.78 Å². The molecule has 0 amide bonds. The molecule has 0 N–H and O–H groups in total. The van der Waals surface area contributed by atoms with Crippen molar-refractivity contribution in [3.05, 3.63) is 58.1 Å². The third-order valence-electron chi connectivity index (χ3n) is 2.82. The fraction of sp³-hybridized carbons (Fsp3) is 0.0667. The molecular weight excluding hydrogens is 302 g/mol. The quantitative estimate of drug-likeness (QED) is 0.542. The Morgan fingerprint density at radius 3 is 2.76 bits per heavy atom. The van der Waals surface area contributed by atoms with Crippen molar-refractivity contribution in [1.29, 1.82) is 0 Å². The molecule has 0 spiro atoms. The Morgan fingerprint density at radius 2 is 2.05 bits per heavy atom. The van der Waals surface area contributed by atoms with E-state index in [2.05, 4.69) is 14.6 Å². The van der Waals surface area contributed by atoms with Gasteiger partial charge in [0.25, 0.3) is 0 Å². The number of aryl methyl sites for hydroxylation is 1. The fourth-order valence-electron chi connectivity index (χ4n) is 1.81. The average Bonchev–Trinajstić information content (AvgIpc) is 3.15. The highest BCUT2D eigenvalue weighted by molar-refractivity contribution is 7.17. The van der Waals surface area contributed by atoms with Crippen LogP contribution in [0.5, 0.6) is 0 Å². The van der Waals surface area contributed by atoms with Crippen LogP contribution >= 0.6 is 22.9 Å². The Hall–Kier alpha value is -2.18. The first-order chi connectivity index (χ1) is 10.2. The predicted octanol–water partition coefficient (Wildman–Crippen LogP) is 3.87. The Labute approximate surface area is 130 Å². The van der Waals surface area contributed by atoms with Crippen molar-refractivity contribution in [1.82, 2.24) is 14.6 Å². The number of thiazole rings is 1. The zero-order valence-electron chi connectivity index (χ0n) is 11.2. The maximum absolute atomic E-state index is 12.2. The molecule has 2 aromatic heterocycles. The van der Waals surface area contributed by atoms with Crippen LogP contribution < -0.4 is 0 Å². The van der Waals surface area contributed by atoms with Gasteiger partial charge >= 0.3 is 0 Å². The molecule has 0 unspecified atom stereocenters. The van der Waals surface area contributed by atoms with Crippen molar-refractivity contribution in [3.63, 3.8) is 0 Å². The molecule has 3 aromatic rings. The normalized spacial score (nSPS) is 11.1. The van der Waals surface area contributed by atoms with Crippen molar-refractivity contribution < 1.29 is 4.79 Å². The number of hydrogen-bond acceptors (Lipinski definition) is 6. The highest BCUT2D eigenvalue weighted by Crippen LogP contribution is 2.28. The van der Waals surface area contributed by atoms with Crippen LogP contribution in [0, 0.1) is 6.92 Å². The molecule has 4 nitrogen and oxygen atoms in total. The van der Waals surface area contributed by atoms with Gasteiger partial charge in [-0.25, -0.2) is 4.98 Å². The number of rotatable bonds is 4. The molecule has 0 fully saturated rings. The van der Waals surface area contributed by atoms with Gasteiger partial charge in [-0.3, -0.25) is 4.79 Å². The first kappa shape index (κ1) is 13.8. The largest absolute Gasteiger partial charge is 0.288 e. The number of ketones is 1. The summed E-state index contributed by atoms with van der Waals surface area (Å²) in [7, 11) is 0. The number of nitrogens with zero attached hydrogens (tertiary/aromatic N) is 3. The smallest absolute Gasteiger partial charge is 0.197 e. The second kappa shape index (κ2) is 6.07. The van der Waals surface area contributed by atoms with E-state index >= 15 is 0 Å². The van der Waals surface area contributed by atoms with Gasteiger partial charge in [0.1, 0.15) is 5.01 Å². The molecule has 2 heterocycles. The molecule has 0 bridgehead atoms. The van der Waals surface area contributed by atoms with E-state index < -0.39 is 0 Å². The lowest BCUT2D eigenvalue weighted by atomic mass is 10.2. The maximum atomic E-state index is 12.2. The molecule has 1 aromatic carbocycles. The van der Waals surface area contributed by atoms with Crippen LogP contribution in [0.25, 0.3) is 16.6 Å². The van der Waals surface area contributed by atoms with Crippen molar-refractivity contribution in [2.75, 3.05) is 0 Å². The van der Waals surface area contributed by atoms with Gasteiger partial charge in [-0.15, -0.1) is 16.4 Å². The van der Waals surface area contributed by atoms with Gasteiger partial charge in [0.2, 0.25) is 0 Å². The van der Waals surface area contributed by atoms with E-state index in [1.54, 1.807) is 11.5 Å². The van der Waals surface area contributed by atoms with Crippen LogP contribution in [0.3, 0.4) is 0 Å². The average molecular weight is 313 g/mol. The lowest BCUT2D eigenvalue weighted by Gasteiger charge is -1.92. The molecule has 0 atom stereocenters. The number of aromatic nitrogens is 3. The van der Waals surface area contributed by atoms with Gasteiger partial charge in [0.15, 0.2) is 5.78 Å². The van der Waals surface area contributed by atoms with Crippen molar-refractivity contribution in [3.8, 4) is 10.6 Å². The van der Waals surface area contributed by atoms with Crippen LogP contribution in [0.15, 0.2) is 41.8 Å². The molecule has 0 aliphatic rings. The molecule has 6 heteroatoms. The monoisotopic (exact) mass is 313 g/mol. The summed E-state index contributed by atoms with van der Waals surface area (Å²) in [4.78, 5) is 17.4. The first-order valence-electron chi connectivity index (χ1n) is 6.26. The molecular formula is C15H11N3OS2. The second-order valence-electron chi connectivity index (χ2n) is 4.33. The molecule has 0 saturated carbocycles. The number of benzene rings is 1. The van der Waals surface area contributed by atoms with E-state index in [0.717, 1.165) is 16.3 Å². The minimum Gasteiger partial charge on any atom is -0.288 e. The Bertz CT molecular complexity index is 777. The lowest BCUT2D eigenvalue weighted by Crippen LogP contribution is -1.93. The number of hydrogen-bond donors (Lipinski definition) is 0. The zero-order chi connectivity index (χ0) is 14.7. The molecule has 3 rings (SSSR count). The highest BCUT2D eigenvalue weighted by atomic mass is 32.1. The number of carbonyl (C=O) groups excluding carboxylic acids is 1. The van der Waals surface area contributed by atoms with E-state index in [1.165, 1.54) is 28.9 Å². The maximum Gasteiger partial charge on any atom is 0.197 e. The summed E-state index contributed by atoms with van der Waals surface area (Å²) >= 11 is 2.67. The third-order valence-corrected chi connectivity index (χ3v) is 4.57. The lowest BCUT2D eigenvalue weighted by molar-refractivity contribution is 0.105. The number of carbonyl (C=O) groups is 1. The minimum atomic E-state index is -0.0554. The minimum absolute atomic E-state index is 0.0554. The van der Waals surface area contributed by atoms with Crippen molar-refractivity contribution in [2.24, 2.45) is 0 Å². The Kier molecular flexibility index (Phi) is 3.98. The molecule has 0 radical (unpaired) electrons. The summed E-state index contributed by atoms with van der Waals surface area (Å²) in [5.74, 6) is -0.0554. The summed E-state index contributed by atoms with van der Waals surface area (Å²) < 4.78 is 3.75.